The molecule has 2 aromatic rings. The summed E-state index contributed by atoms with van der Waals surface area (Å²) in [4.78, 5) is 12.6. The smallest absolute Gasteiger partial charge is 0.407 e. The van der Waals surface area contributed by atoms with E-state index in [1.165, 1.54) is 4.90 Å². The van der Waals surface area contributed by atoms with Crippen molar-refractivity contribution in [2.45, 2.75) is 23.8 Å². The van der Waals surface area contributed by atoms with Gasteiger partial charge < -0.3 is 14.7 Å². The summed E-state index contributed by atoms with van der Waals surface area (Å²) in [5.74, 6) is 0.737. The molecule has 2 aliphatic rings. The van der Waals surface area contributed by atoms with E-state index in [0.29, 0.717) is 37.0 Å². The van der Waals surface area contributed by atoms with E-state index in [4.69, 9.17) is 4.74 Å². The number of piperidine rings is 1. The molecule has 1 spiro atoms. The first-order chi connectivity index (χ1) is 12.1. The van der Waals surface area contributed by atoms with Crippen molar-refractivity contribution in [1.82, 2.24) is 9.47 Å². The monoisotopic (exact) mass is 401 g/mol. The first-order valence-corrected chi connectivity index (χ1v) is 9.18. The molecule has 0 radical (unpaired) electrons. The van der Waals surface area contributed by atoms with E-state index < -0.39 is 11.7 Å². The quantitative estimate of drug-likeness (QED) is 0.740. The van der Waals surface area contributed by atoms with Crippen molar-refractivity contribution in [3.63, 3.8) is 0 Å². The Morgan fingerprint density at radius 1 is 1.32 bits per heavy atom. The van der Waals surface area contributed by atoms with E-state index in [1.807, 2.05) is 28.8 Å². The molecular formula is C18H16BrN3O3. The number of ether oxygens (including phenoxy) is 1. The van der Waals surface area contributed by atoms with Crippen LogP contribution in [0.1, 0.15) is 29.8 Å². The number of benzene rings is 1. The number of amides is 1. The minimum atomic E-state index is -0.902. The molecule has 1 N–H and O–H groups in total. The zero-order chi connectivity index (χ0) is 17.6. The highest BCUT2D eigenvalue weighted by molar-refractivity contribution is 9.08. The van der Waals surface area contributed by atoms with Crippen molar-refractivity contribution in [2.75, 3.05) is 13.1 Å². The Bertz CT molecular complexity index is 891. The third kappa shape index (κ3) is 2.40. The molecule has 4 rings (SSSR count). The summed E-state index contributed by atoms with van der Waals surface area (Å²) in [7, 11) is 0. The van der Waals surface area contributed by atoms with Crippen molar-refractivity contribution >= 4 is 22.0 Å². The van der Waals surface area contributed by atoms with Gasteiger partial charge in [-0.2, -0.15) is 5.26 Å². The van der Waals surface area contributed by atoms with E-state index in [1.54, 1.807) is 6.07 Å². The Balaban J connectivity index is 1.83. The average Bonchev–Trinajstić information content (AvgIpc) is 3.07. The van der Waals surface area contributed by atoms with Gasteiger partial charge in [0.1, 0.15) is 17.5 Å². The summed E-state index contributed by atoms with van der Waals surface area (Å²) in [5.41, 5.74) is 2.83. The number of aromatic nitrogens is 1. The lowest BCUT2D eigenvalue weighted by molar-refractivity contribution is -0.00902. The van der Waals surface area contributed by atoms with E-state index in [9.17, 15) is 15.2 Å². The maximum atomic E-state index is 11.2. The molecule has 1 saturated heterocycles. The molecule has 0 bridgehead atoms. The van der Waals surface area contributed by atoms with Crippen molar-refractivity contribution < 1.29 is 14.6 Å². The second kappa shape index (κ2) is 5.81. The number of nitriles is 1. The standard InChI is InChI=1S/C18H16BrN3O3/c19-10-12-1-3-14-15(9-12)25-18(5-7-21(8-6-18)17(23)24)16-4-2-13(11-20)22(14)16/h1-4,9H,5-8,10H2,(H,23,24). The summed E-state index contributed by atoms with van der Waals surface area (Å²) >= 11 is 3.46. The molecule has 0 saturated carbocycles. The highest BCUT2D eigenvalue weighted by atomic mass is 79.9. The minimum absolute atomic E-state index is 0.413. The normalized spacial score (nSPS) is 17.4. The van der Waals surface area contributed by atoms with E-state index in [-0.39, 0.29) is 0 Å². The number of halogens is 1. The molecular weight excluding hydrogens is 386 g/mol. The second-order valence-electron chi connectivity index (χ2n) is 6.35. The van der Waals surface area contributed by atoms with Gasteiger partial charge in [-0.05, 0) is 29.8 Å². The van der Waals surface area contributed by atoms with Crippen molar-refractivity contribution in [2.24, 2.45) is 0 Å². The van der Waals surface area contributed by atoms with Gasteiger partial charge in [0.05, 0.1) is 11.4 Å². The van der Waals surface area contributed by atoms with E-state index in [0.717, 1.165) is 22.7 Å². The third-order valence-electron chi connectivity index (χ3n) is 5.03. The fourth-order valence-corrected chi connectivity index (χ4v) is 4.08. The number of nitrogens with zero attached hydrogens (tertiary/aromatic N) is 3. The first-order valence-electron chi connectivity index (χ1n) is 8.06. The summed E-state index contributed by atoms with van der Waals surface area (Å²) < 4.78 is 8.40. The number of fused-ring (bicyclic) bond motifs is 4. The molecule has 0 aliphatic carbocycles. The van der Waals surface area contributed by atoms with Gasteiger partial charge in [0.15, 0.2) is 5.60 Å². The summed E-state index contributed by atoms with van der Waals surface area (Å²) in [6.07, 6.45) is 0.221. The van der Waals surface area contributed by atoms with Crippen LogP contribution in [0.4, 0.5) is 4.79 Å². The molecule has 7 heteroatoms. The van der Waals surface area contributed by atoms with Crippen LogP contribution in [0.15, 0.2) is 30.3 Å². The second-order valence-corrected chi connectivity index (χ2v) is 6.91. The topological polar surface area (TPSA) is 78.5 Å². The molecule has 3 heterocycles. The zero-order valence-corrected chi connectivity index (χ0v) is 15.0. The third-order valence-corrected chi connectivity index (χ3v) is 5.68. The van der Waals surface area contributed by atoms with E-state index in [2.05, 4.69) is 22.0 Å². The molecule has 25 heavy (non-hydrogen) atoms. The summed E-state index contributed by atoms with van der Waals surface area (Å²) in [5, 5.41) is 19.4. The van der Waals surface area contributed by atoms with Gasteiger partial charge in [0, 0.05) is 31.3 Å². The summed E-state index contributed by atoms with van der Waals surface area (Å²) in [6, 6.07) is 11.9. The van der Waals surface area contributed by atoms with Crippen LogP contribution in [0.25, 0.3) is 5.69 Å². The van der Waals surface area contributed by atoms with Crippen LogP contribution < -0.4 is 4.74 Å². The Kier molecular flexibility index (Phi) is 3.73. The van der Waals surface area contributed by atoms with Gasteiger partial charge in [-0.25, -0.2) is 4.79 Å². The molecule has 2 aliphatic heterocycles. The molecule has 1 fully saturated rings. The number of hydrogen-bond acceptors (Lipinski definition) is 3. The largest absolute Gasteiger partial charge is 0.479 e. The van der Waals surface area contributed by atoms with Crippen molar-refractivity contribution in [3.8, 4) is 17.5 Å². The van der Waals surface area contributed by atoms with Crippen LogP contribution in [-0.4, -0.2) is 33.8 Å². The lowest BCUT2D eigenvalue weighted by atomic mass is 9.86. The zero-order valence-electron chi connectivity index (χ0n) is 13.4. The maximum absolute atomic E-state index is 11.2. The van der Waals surface area contributed by atoms with E-state index >= 15 is 0 Å². The Morgan fingerprint density at radius 3 is 2.72 bits per heavy atom. The van der Waals surface area contributed by atoms with Gasteiger partial charge in [-0.15, -0.1) is 0 Å². The highest BCUT2D eigenvalue weighted by Gasteiger charge is 2.45. The van der Waals surface area contributed by atoms with Gasteiger partial charge in [-0.1, -0.05) is 22.0 Å². The SMILES string of the molecule is N#Cc1ccc2n1-c1ccc(CBr)cc1OC21CCN(C(=O)O)CC1. The number of likely N-dealkylation sites (tertiary alicyclic amines) is 1. The highest BCUT2D eigenvalue weighted by Crippen LogP contribution is 2.46. The molecule has 6 nitrogen and oxygen atoms in total. The molecule has 1 aromatic heterocycles. The van der Waals surface area contributed by atoms with Gasteiger partial charge in [-0.3, -0.25) is 4.57 Å². The number of carbonyl (C=O) groups is 1. The first kappa shape index (κ1) is 16.0. The predicted molar refractivity (Wildman–Crippen MR) is 94.3 cm³/mol. The molecule has 0 atom stereocenters. The molecule has 1 aromatic carbocycles. The van der Waals surface area contributed by atoms with Gasteiger partial charge in [0.2, 0.25) is 0 Å². The number of rotatable bonds is 1. The minimum Gasteiger partial charge on any atom is -0.479 e. The lowest BCUT2D eigenvalue weighted by Crippen LogP contribution is -2.49. The van der Waals surface area contributed by atoms with Crippen molar-refractivity contribution in [1.29, 1.82) is 5.26 Å². The maximum Gasteiger partial charge on any atom is 0.407 e. The Morgan fingerprint density at radius 2 is 2.08 bits per heavy atom. The Hall–Kier alpha value is -2.46. The number of carboxylic acid groups (broad SMARTS) is 1. The number of hydrogen-bond donors (Lipinski definition) is 1. The van der Waals surface area contributed by atoms with Crippen molar-refractivity contribution in [3.05, 3.63) is 47.3 Å². The number of alkyl halides is 1. The summed E-state index contributed by atoms with van der Waals surface area (Å²) in [6.45, 7) is 0.825. The van der Waals surface area contributed by atoms with Crippen LogP contribution in [0.3, 0.4) is 0 Å². The lowest BCUT2D eigenvalue weighted by Gasteiger charge is -2.44. The Labute approximate surface area is 153 Å². The van der Waals surface area contributed by atoms with Gasteiger partial charge in [0.25, 0.3) is 0 Å². The van der Waals surface area contributed by atoms with Gasteiger partial charge >= 0.3 is 6.09 Å². The molecule has 1 amide bonds. The van der Waals surface area contributed by atoms with Crippen LogP contribution in [-0.2, 0) is 10.9 Å². The molecule has 0 unspecified atom stereocenters. The van der Waals surface area contributed by atoms with Crippen LogP contribution in [0, 0.1) is 11.3 Å². The van der Waals surface area contributed by atoms with Crippen LogP contribution in [0.2, 0.25) is 0 Å². The predicted octanol–water partition coefficient (Wildman–Crippen LogP) is 3.61. The molecule has 128 valence electrons. The van der Waals surface area contributed by atoms with Crippen LogP contribution >= 0.6 is 15.9 Å². The fraction of sp³-hybridized carbons (Fsp3) is 0.333. The average molecular weight is 402 g/mol. The fourth-order valence-electron chi connectivity index (χ4n) is 3.73. The van der Waals surface area contributed by atoms with Crippen LogP contribution in [0.5, 0.6) is 5.75 Å².